The molecule has 0 spiro atoms. The van der Waals surface area contributed by atoms with Gasteiger partial charge in [-0.25, -0.2) is 0 Å². The fourth-order valence-corrected chi connectivity index (χ4v) is 2.72. The second-order valence-corrected chi connectivity index (χ2v) is 5.83. The predicted molar refractivity (Wildman–Crippen MR) is 79.7 cm³/mol. The Bertz CT molecular complexity index is 535. The molecule has 20 heavy (non-hydrogen) atoms. The Labute approximate surface area is 123 Å². The van der Waals surface area contributed by atoms with Crippen molar-refractivity contribution in [3.05, 3.63) is 32.8 Å². The summed E-state index contributed by atoms with van der Waals surface area (Å²) >= 11 is 6.23. The first-order valence-corrected chi connectivity index (χ1v) is 7.07. The molecule has 1 aromatic rings. The van der Waals surface area contributed by atoms with Gasteiger partial charge in [-0.15, -0.1) is 0 Å². The van der Waals surface area contributed by atoms with Crippen LogP contribution in [-0.4, -0.2) is 30.2 Å². The monoisotopic (exact) mass is 298 g/mol. The molecule has 1 aliphatic rings. The van der Waals surface area contributed by atoms with Crippen LogP contribution in [0.25, 0.3) is 0 Å². The van der Waals surface area contributed by atoms with Gasteiger partial charge in [-0.2, -0.15) is 0 Å². The van der Waals surface area contributed by atoms with Crippen LogP contribution in [0.15, 0.2) is 12.1 Å². The smallest absolute Gasteiger partial charge is 0.273 e. The van der Waals surface area contributed by atoms with Gasteiger partial charge in [0.25, 0.3) is 5.69 Å². The van der Waals surface area contributed by atoms with Gasteiger partial charge < -0.3 is 9.64 Å². The van der Waals surface area contributed by atoms with Crippen molar-refractivity contribution in [2.24, 2.45) is 0 Å². The number of aryl methyl sites for hydroxylation is 1. The zero-order valence-corrected chi connectivity index (χ0v) is 12.7. The number of hydrogen-bond donors (Lipinski definition) is 0. The molecule has 0 aliphatic carbocycles. The molecule has 0 amide bonds. The minimum absolute atomic E-state index is 0.0604. The van der Waals surface area contributed by atoms with Crippen LogP contribution in [-0.2, 0) is 4.74 Å². The zero-order valence-electron chi connectivity index (χ0n) is 12.0. The number of nitro benzene ring substituents is 1. The molecule has 0 bridgehead atoms. The van der Waals surface area contributed by atoms with Gasteiger partial charge in [0.1, 0.15) is 0 Å². The van der Waals surface area contributed by atoms with Crippen LogP contribution in [0.4, 0.5) is 11.4 Å². The molecule has 1 fully saturated rings. The van der Waals surface area contributed by atoms with Gasteiger partial charge >= 0.3 is 0 Å². The van der Waals surface area contributed by atoms with E-state index in [1.807, 2.05) is 0 Å². The Morgan fingerprint density at radius 3 is 2.85 bits per heavy atom. The van der Waals surface area contributed by atoms with Crippen LogP contribution in [0.2, 0.25) is 5.02 Å². The molecule has 1 heterocycles. The van der Waals surface area contributed by atoms with Crippen molar-refractivity contribution < 1.29 is 9.66 Å². The van der Waals surface area contributed by atoms with Gasteiger partial charge in [-0.05, 0) is 26.3 Å². The molecule has 0 N–H and O–H groups in total. The number of anilines is 1. The summed E-state index contributed by atoms with van der Waals surface area (Å²) in [6.45, 7) is 8.01. The Balaban J connectivity index is 2.33. The summed E-state index contributed by atoms with van der Waals surface area (Å²) in [4.78, 5) is 12.7. The fourth-order valence-electron chi connectivity index (χ4n) is 2.44. The maximum atomic E-state index is 10.9. The van der Waals surface area contributed by atoms with Crippen LogP contribution in [0.1, 0.15) is 25.8 Å². The molecule has 1 unspecified atom stereocenters. The highest BCUT2D eigenvalue weighted by Crippen LogP contribution is 2.35. The molecule has 0 radical (unpaired) electrons. The number of ether oxygens (including phenoxy) is 1. The third kappa shape index (κ3) is 2.88. The van der Waals surface area contributed by atoms with Gasteiger partial charge in [-0.1, -0.05) is 18.5 Å². The summed E-state index contributed by atoms with van der Waals surface area (Å²) in [6.07, 6.45) is 0.910. The number of halogens is 1. The number of rotatable bonds is 3. The minimum atomic E-state index is -0.402. The highest BCUT2D eigenvalue weighted by atomic mass is 35.5. The SMILES string of the molecule is CCC1(C)CN(c2cc(C)c([N+](=O)[O-])cc2Cl)CCO1. The fraction of sp³-hybridized carbons (Fsp3) is 0.571. The number of hydrogen-bond acceptors (Lipinski definition) is 4. The van der Waals surface area contributed by atoms with Crippen molar-refractivity contribution in [1.29, 1.82) is 0 Å². The van der Waals surface area contributed by atoms with E-state index in [0.717, 1.165) is 25.2 Å². The average Bonchev–Trinajstić information content (AvgIpc) is 2.40. The lowest BCUT2D eigenvalue weighted by Crippen LogP contribution is -2.50. The number of morpholine rings is 1. The first-order chi connectivity index (χ1) is 9.36. The van der Waals surface area contributed by atoms with E-state index >= 15 is 0 Å². The molecular formula is C14H19ClN2O3. The molecular weight excluding hydrogens is 280 g/mol. The highest BCUT2D eigenvalue weighted by Gasteiger charge is 2.31. The lowest BCUT2D eigenvalue weighted by Gasteiger charge is -2.41. The van der Waals surface area contributed by atoms with Gasteiger partial charge in [0.2, 0.25) is 0 Å². The summed E-state index contributed by atoms with van der Waals surface area (Å²) in [7, 11) is 0. The van der Waals surface area contributed by atoms with E-state index < -0.39 is 4.92 Å². The Morgan fingerprint density at radius 1 is 1.55 bits per heavy atom. The first-order valence-electron chi connectivity index (χ1n) is 6.70. The van der Waals surface area contributed by atoms with Crippen LogP contribution in [0, 0.1) is 17.0 Å². The number of nitrogens with zero attached hydrogens (tertiary/aromatic N) is 2. The maximum absolute atomic E-state index is 10.9. The van der Waals surface area contributed by atoms with E-state index in [0.29, 0.717) is 17.2 Å². The average molecular weight is 299 g/mol. The van der Waals surface area contributed by atoms with E-state index in [9.17, 15) is 10.1 Å². The van der Waals surface area contributed by atoms with Crippen molar-refractivity contribution in [1.82, 2.24) is 0 Å². The lowest BCUT2D eigenvalue weighted by atomic mass is 10.00. The molecule has 0 saturated carbocycles. The summed E-state index contributed by atoms with van der Waals surface area (Å²) < 4.78 is 5.81. The van der Waals surface area contributed by atoms with Crippen LogP contribution in [0.3, 0.4) is 0 Å². The molecule has 5 nitrogen and oxygen atoms in total. The minimum Gasteiger partial charge on any atom is -0.372 e. The van der Waals surface area contributed by atoms with Gasteiger partial charge in [0, 0.05) is 24.7 Å². The van der Waals surface area contributed by atoms with E-state index in [-0.39, 0.29) is 11.3 Å². The third-order valence-corrected chi connectivity index (χ3v) is 4.19. The van der Waals surface area contributed by atoms with E-state index in [4.69, 9.17) is 16.3 Å². The predicted octanol–water partition coefficient (Wildman–Crippen LogP) is 3.56. The first kappa shape index (κ1) is 15.1. The third-order valence-electron chi connectivity index (χ3n) is 3.89. The largest absolute Gasteiger partial charge is 0.372 e. The Morgan fingerprint density at radius 2 is 2.25 bits per heavy atom. The van der Waals surface area contributed by atoms with E-state index in [1.54, 1.807) is 13.0 Å². The molecule has 6 heteroatoms. The Hall–Kier alpha value is -1.33. The standard InChI is InChI=1S/C14H19ClN2O3/c1-4-14(3)9-16(5-6-20-14)13-7-10(2)12(17(18)19)8-11(13)15/h7-8H,4-6,9H2,1-3H3. The second kappa shape index (κ2) is 5.58. The van der Waals surface area contributed by atoms with Crippen molar-refractivity contribution in [3.63, 3.8) is 0 Å². The van der Waals surface area contributed by atoms with Gasteiger partial charge in [0.15, 0.2) is 0 Å². The number of benzene rings is 1. The lowest BCUT2D eigenvalue weighted by molar-refractivity contribution is -0.385. The molecule has 1 atom stereocenters. The maximum Gasteiger partial charge on any atom is 0.273 e. The van der Waals surface area contributed by atoms with E-state index in [1.165, 1.54) is 6.07 Å². The molecule has 1 saturated heterocycles. The zero-order chi connectivity index (χ0) is 14.9. The van der Waals surface area contributed by atoms with Crippen molar-refractivity contribution in [2.75, 3.05) is 24.6 Å². The molecule has 2 rings (SSSR count). The molecule has 0 aromatic heterocycles. The normalized spacial score (nSPS) is 22.9. The quantitative estimate of drug-likeness (QED) is 0.632. The molecule has 110 valence electrons. The van der Waals surface area contributed by atoms with Crippen molar-refractivity contribution in [3.8, 4) is 0 Å². The van der Waals surface area contributed by atoms with Crippen LogP contribution >= 0.6 is 11.6 Å². The Kier molecular flexibility index (Phi) is 4.20. The topological polar surface area (TPSA) is 55.6 Å². The van der Waals surface area contributed by atoms with Gasteiger partial charge in [-0.3, -0.25) is 10.1 Å². The summed E-state index contributed by atoms with van der Waals surface area (Å²) in [5.41, 5.74) is 1.33. The molecule has 1 aliphatic heterocycles. The van der Waals surface area contributed by atoms with Crippen molar-refractivity contribution >= 4 is 23.0 Å². The van der Waals surface area contributed by atoms with Crippen LogP contribution in [0.5, 0.6) is 0 Å². The van der Waals surface area contributed by atoms with Crippen LogP contribution < -0.4 is 4.90 Å². The highest BCUT2D eigenvalue weighted by molar-refractivity contribution is 6.33. The second-order valence-electron chi connectivity index (χ2n) is 5.42. The number of nitro groups is 1. The molecule has 1 aromatic carbocycles. The summed E-state index contributed by atoms with van der Waals surface area (Å²) in [5.74, 6) is 0. The summed E-state index contributed by atoms with van der Waals surface area (Å²) in [5, 5.41) is 11.3. The van der Waals surface area contributed by atoms with Crippen molar-refractivity contribution in [2.45, 2.75) is 32.8 Å². The van der Waals surface area contributed by atoms with E-state index in [2.05, 4.69) is 18.7 Å². The summed E-state index contributed by atoms with van der Waals surface area (Å²) in [6, 6.07) is 3.23. The van der Waals surface area contributed by atoms with Gasteiger partial charge in [0.05, 0.1) is 27.8 Å².